The molecule has 6 atom stereocenters. The van der Waals surface area contributed by atoms with Gasteiger partial charge in [0, 0.05) is 24.2 Å². The van der Waals surface area contributed by atoms with Gasteiger partial charge in [-0.05, 0) is 55.3 Å². The summed E-state index contributed by atoms with van der Waals surface area (Å²) in [5, 5.41) is 0. The quantitative estimate of drug-likeness (QED) is 0.670. The van der Waals surface area contributed by atoms with Crippen molar-refractivity contribution in [2.45, 2.75) is 71.6 Å². The molecule has 0 amide bonds. The fraction of sp³-hybridized carbons (Fsp3) is 0.895. The van der Waals surface area contributed by atoms with Gasteiger partial charge in [0.1, 0.15) is 11.6 Å². The van der Waals surface area contributed by atoms with E-state index in [1.54, 1.807) is 0 Å². The van der Waals surface area contributed by atoms with Crippen LogP contribution in [0.3, 0.4) is 0 Å². The van der Waals surface area contributed by atoms with Crippen molar-refractivity contribution >= 4 is 11.6 Å². The minimum Gasteiger partial charge on any atom is -0.299 e. The lowest BCUT2D eigenvalue weighted by atomic mass is 9.45. The van der Waals surface area contributed by atoms with Crippen molar-refractivity contribution in [3.63, 3.8) is 0 Å². The van der Waals surface area contributed by atoms with Crippen LogP contribution >= 0.6 is 0 Å². The Morgan fingerprint density at radius 3 is 2.62 bits per heavy atom. The molecule has 0 bridgehead atoms. The molecule has 0 unspecified atom stereocenters. The van der Waals surface area contributed by atoms with Gasteiger partial charge in [-0.15, -0.1) is 0 Å². The Morgan fingerprint density at radius 1 is 1.00 bits per heavy atom. The van der Waals surface area contributed by atoms with Crippen molar-refractivity contribution in [1.82, 2.24) is 0 Å². The maximum atomic E-state index is 12.9. The zero-order chi connectivity index (χ0) is 14.8. The average Bonchev–Trinajstić information content (AvgIpc) is 2.77. The monoisotopic (exact) mass is 288 g/mol. The van der Waals surface area contributed by atoms with Crippen LogP contribution in [-0.2, 0) is 9.59 Å². The highest BCUT2D eigenvalue weighted by atomic mass is 16.1. The number of rotatable bonds is 0. The fourth-order valence-electron chi connectivity index (χ4n) is 6.77. The smallest absolute Gasteiger partial charge is 0.139 e. The van der Waals surface area contributed by atoms with Gasteiger partial charge in [0.15, 0.2) is 0 Å². The SMILES string of the molecule is C[C@]12CCCC[C@@H]1CC[C@@H]1[C@H]2CC(=O)[C@@]2(C)CCC(=O)[C@H]12. The first-order chi connectivity index (χ1) is 9.97. The molecule has 0 aliphatic heterocycles. The first kappa shape index (κ1) is 14.0. The van der Waals surface area contributed by atoms with E-state index in [-0.39, 0.29) is 11.3 Å². The second-order valence-electron chi connectivity index (χ2n) is 8.78. The number of fused-ring (bicyclic) bond motifs is 5. The van der Waals surface area contributed by atoms with Crippen LogP contribution in [-0.4, -0.2) is 11.6 Å². The summed E-state index contributed by atoms with van der Waals surface area (Å²) in [6.07, 6.45) is 10.0. The Kier molecular flexibility index (Phi) is 2.94. The molecule has 21 heavy (non-hydrogen) atoms. The van der Waals surface area contributed by atoms with Gasteiger partial charge in [-0.1, -0.05) is 26.7 Å². The van der Waals surface area contributed by atoms with Crippen LogP contribution in [0.2, 0.25) is 0 Å². The highest BCUT2D eigenvalue weighted by molar-refractivity contribution is 5.97. The van der Waals surface area contributed by atoms with Gasteiger partial charge in [0.25, 0.3) is 0 Å². The molecule has 4 saturated carbocycles. The number of ketones is 2. The third-order valence-electron chi connectivity index (χ3n) is 8.06. The van der Waals surface area contributed by atoms with Gasteiger partial charge in [-0.2, -0.15) is 0 Å². The summed E-state index contributed by atoms with van der Waals surface area (Å²) in [5.41, 5.74) is 0.0249. The number of hydrogen-bond donors (Lipinski definition) is 0. The predicted molar refractivity (Wildman–Crippen MR) is 81.7 cm³/mol. The van der Waals surface area contributed by atoms with Gasteiger partial charge in [0.05, 0.1) is 0 Å². The minimum atomic E-state index is -0.309. The maximum absolute atomic E-state index is 12.9. The summed E-state index contributed by atoms with van der Waals surface area (Å²) in [4.78, 5) is 25.4. The Morgan fingerprint density at radius 2 is 1.81 bits per heavy atom. The van der Waals surface area contributed by atoms with Crippen LogP contribution in [0.25, 0.3) is 0 Å². The zero-order valence-corrected chi connectivity index (χ0v) is 13.5. The van der Waals surface area contributed by atoms with Crippen LogP contribution in [0.5, 0.6) is 0 Å². The second kappa shape index (κ2) is 4.43. The Hall–Kier alpha value is -0.660. The van der Waals surface area contributed by atoms with Gasteiger partial charge in [0.2, 0.25) is 0 Å². The lowest BCUT2D eigenvalue weighted by molar-refractivity contribution is -0.157. The van der Waals surface area contributed by atoms with E-state index < -0.39 is 0 Å². The molecule has 0 spiro atoms. The number of Topliss-reactive ketones (excluding diaryl/α,β-unsaturated/α-hetero) is 2. The molecular formula is C19H28O2. The van der Waals surface area contributed by atoms with E-state index in [9.17, 15) is 9.59 Å². The molecule has 0 N–H and O–H groups in total. The molecule has 116 valence electrons. The van der Waals surface area contributed by atoms with Crippen molar-refractivity contribution in [2.75, 3.05) is 0 Å². The molecule has 0 radical (unpaired) electrons. The van der Waals surface area contributed by atoms with Crippen molar-refractivity contribution < 1.29 is 9.59 Å². The Labute approximate surface area is 128 Å². The number of hydrogen-bond acceptors (Lipinski definition) is 2. The second-order valence-corrected chi connectivity index (χ2v) is 8.78. The van der Waals surface area contributed by atoms with E-state index in [0.29, 0.717) is 35.2 Å². The summed E-state index contributed by atoms with van der Waals surface area (Å²) in [5.74, 6) is 2.67. The molecule has 0 aromatic heterocycles. The van der Waals surface area contributed by atoms with Crippen LogP contribution < -0.4 is 0 Å². The highest BCUT2D eigenvalue weighted by Gasteiger charge is 2.62. The molecule has 4 rings (SSSR count). The van der Waals surface area contributed by atoms with Crippen LogP contribution in [0.4, 0.5) is 0 Å². The van der Waals surface area contributed by atoms with Crippen molar-refractivity contribution in [3.05, 3.63) is 0 Å². The first-order valence-corrected chi connectivity index (χ1v) is 9.03. The molecule has 0 aromatic carbocycles. The van der Waals surface area contributed by atoms with Crippen LogP contribution in [0.15, 0.2) is 0 Å². The van der Waals surface area contributed by atoms with Crippen molar-refractivity contribution in [1.29, 1.82) is 0 Å². The molecule has 4 aliphatic rings. The van der Waals surface area contributed by atoms with Gasteiger partial charge < -0.3 is 0 Å². The molecule has 0 aromatic rings. The van der Waals surface area contributed by atoms with Crippen molar-refractivity contribution in [3.8, 4) is 0 Å². The third-order valence-corrected chi connectivity index (χ3v) is 8.06. The lowest BCUT2D eigenvalue weighted by Gasteiger charge is -2.58. The Bertz CT molecular complexity index is 496. The first-order valence-electron chi connectivity index (χ1n) is 9.03. The topological polar surface area (TPSA) is 34.1 Å². The van der Waals surface area contributed by atoms with Gasteiger partial charge >= 0.3 is 0 Å². The molecule has 0 heterocycles. The predicted octanol–water partition coefficient (Wildman–Crippen LogP) is 4.17. The van der Waals surface area contributed by atoms with E-state index in [2.05, 4.69) is 13.8 Å². The zero-order valence-electron chi connectivity index (χ0n) is 13.5. The normalized spacial score (nSPS) is 53.0. The maximum Gasteiger partial charge on any atom is 0.139 e. The highest BCUT2D eigenvalue weighted by Crippen LogP contribution is 2.64. The fourth-order valence-corrected chi connectivity index (χ4v) is 6.77. The summed E-state index contributed by atoms with van der Waals surface area (Å²) in [6, 6.07) is 0. The molecule has 0 saturated heterocycles. The average molecular weight is 288 g/mol. The summed E-state index contributed by atoms with van der Waals surface area (Å²) < 4.78 is 0. The molecule has 2 heteroatoms. The van der Waals surface area contributed by atoms with E-state index in [4.69, 9.17) is 0 Å². The molecule has 4 fully saturated rings. The Balaban J connectivity index is 1.74. The van der Waals surface area contributed by atoms with Crippen molar-refractivity contribution in [2.24, 2.45) is 34.5 Å². The molecule has 4 aliphatic carbocycles. The molecular weight excluding hydrogens is 260 g/mol. The van der Waals surface area contributed by atoms with Gasteiger partial charge in [-0.25, -0.2) is 0 Å². The van der Waals surface area contributed by atoms with Crippen LogP contribution in [0.1, 0.15) is 71.6 Å². The standard InChI is InChI=1S/C19H28O2/c1-18-9-4-3-5-12(18)6-7-13-14(18)11-16(21)19(2)10-8-15(20)17(13)19/h12-14,17H,3-11H2,1-2H3/t12-,13-,14-,17+,18+,19-/m1/s1. The van der Waals surface area contributed by atoms with E-state index in [0.717, 1.165) is 18.8 Å². The van der Waals surface area contributed by atoms with E-state index >= 15 is 0 Å². The van der Waals surface area contributed by atoms with E-state index in [1.165, 1.54) is 38.5 Å². The number of carbonyl (C=O) groups excluding carboxylic acids is 2. The summed E-state index contributed by atoms with van der Waals surface area (Å²) in [6.45, 7) is 4.54. The lowest BCUT2D eigenvalue weighted by Crippen LogP contribution is -2.56. The largest absolute Gasteiger partial charge is 0.299 e. The number of carbonyl (C=O) groups is 2. The molecule has 2 nitrogen and oxygen atoms in total. The van der Waals surface area contributed by atoms with Gasteiger partial charge in [-0.3, -0.25) is 9.59 Å². The minimum absolute atomic E-state index is 0.0588. The van der Waals surface area contributed by atoms with Crippen LogP contribution in [0, 0.1) is 34.5 Å². The summed E-state index contributed by atoms with van der Waals surface area (Å²) >= 11 is 0. The third kappa shape index (κ3) is 1.71. The summed E-state index contributed by atoms with van der Waals surface area (Å²) in [7, 11) is 0. The van der Waals surface area contributed by atoms with E-state index in [1.807, 2.05) is 0 Å².